The minimum atomic E-state index is -0.278. The molecule has 0 aromatic heterocycles. The van der Waals surface area contributed by atoms with Crippen LogP contribution < -0.4 is 14.2 Å². The summed E-state index contributed by atoms with van der Waals surface area (Å²) >= 11 is 0. The Labute approximate surface area is 234 Å². The molecule has 0 saturated heterocycles. The summed E-state index contributed by atoms with van der Waals surface area (Å²) in [5.74, 6) is 2.08. The van der Waals surface area contributed by atoms with Crippen molar-refractivity contribution >= 4 is 28.5 Å². The second kappa shape index (κ2) is 11.3. The molecule has 1 amide bonds. The van der Waals surface area contributed by atoms with Crippen LogP contribution in [0.2, 0.25) is 0 Å². The van der Waals surface area contributed by atoms with Gasteiger partial charge >= 0.3 is 0 Å². The largest absolute Gasteiger partial charge is 0.496 e. The number of nitrogens with zero attached hydrogens (tertiary/aromatic N) is 2. The molecule has 2 atom stereocenters. The number of para-hydroxylation sites is 2. The molecular weight excluding hydrogens is 500 g/mol. The van der Waals surface area contributed by atoms with E-state index in [-0.39, 0.29) is 24.5 Å². The number of rotatable bonds is 7. The molecule has 4 aromatic rings. The SMILES string of the molecule is COc1ccccc1/C=C1\CCC[C@@H]2C1=NN(C(=O)COc1ccc3ccccc3c1)[C@H]2c1ccccc1OC. The molecule has 1 aliphatic carbocycles. The lowest BCUT2D eigenvalue weighted by Gasteiger charge is -2.30. The van der Waals surface area contributed by atoms with Gasteiger partial charge in [-0.25, -0.2) is 5.01 Å². The maximum Gasteiger partial charge on any atom is 0.281 e. The van der Waals surface area contributed by atoms with Gasteiger partial charge in [-0.15, -0.1) is 0 Å². The third kappa shape index (κ3) is 4.93. The highest BCUT2D eigenvalue weighted by atomic mass is 16.5. The zero-order valence-corrected chi connectivity index (χ0v) is 22.7. The van der Waals surface area contributed by atoms with Crippen LogP contribution in [0.4, 0.5) is 0 Å². The van der Waals surface area contributed by atoms with E-state index in [1.54, 1.807) is 19.2 Å². The molecule has 202 valence electrons. The average molecular weight is 533 g/mol. The Morgan fingerprint density at radius 2 is 1.62 bits per heavy atom. The zero-order chi connectivity index (χ0) is 27.5. The molecule has 2 aliphatic rings. The Balaban J connectivity index is 1.34. The smallest absolute Gasteiger partial charge is 0.281 e. The molecule has 40 heavy (non-hydrogen) atoms. The van der Waals surface area contributed by atoms with Crippen molar-refractivity contribution in [1.82, 2.24) is 5.01 Å². The predicted octanol–water partition coefficient (Wildman–Crippen LogP) is 7.06. The second-order valence-electron chi connectivity index (χ2n) is 10.1. The van der Waals surface area contributed by atoms with Crippen LogP contribution in [0.15, 0.2) is 102 Å². The van der Waals surface area contributed by atoms with Crippen molar-refractivity contribution in [3.05, 3.63) is 108 Å². The Bertz CT molecular complexity index is 1610. The minimum Gasteiger partial charge on any atom is -0.496 e. The van der Waals surface area contributed by atoms with Crippen molar-refractivity contribution in [2.24, 2.45) is 11.0 Å². The molecule has 0 spiro atoms. The van der Waals surface area contributed by atoms with Crippen molar-refractivity contribution in [1.29, 1.82) is 0 Å². The monoisotopic (exact) mass is 532 g/mol. The van der Waals surface area contributed by atoms with Crippen molar-refractivity contribution in [3.63, 3.8) is 0 Å². The maximum atomic E-state index is 13.8. The highest BCUT2D eigenvalue weighted by molar-refractivity contribution is 6.08. The quantitative estimate of drug-likeness (QED) is 0.256. The first-order valence-corrected chi connectivity index (χ1v) is 13.7. The van der Waals surface area contributed by atoms with Gasteiger partial charge in [0.1, 0.15) is 17.2 Å². The minimum absolute atomic E-state index is 0.0515. The van der Waals surface area contributed by atoms with E-state index in [1.807, 2.05) is 84.9 Å². The van der Waals surface area contributed by atoms with E-state index in [1.165, 1.54) is 0 Å². The number of carbonyl (C=O) groups excluding carboxylic acids is 1. The zero-order valence-electron chi connectivity index (χ0n) is 22.7. The number of benzene rings is 4. The van der Waals surface area contributed by atoms with Crippen LogP contribution in [0.3, 0.4) is 0 Å². The fourth-order valence-corrected chi connectivity index (χ4v) is 5.87. The number of carbonyl (C=O) groups is 1. The van der Waals surface area contributed by atoms with Gasteiger partial charge in [0.15, 0.2) is 6.61 Å². The Morgan fingerprint density at radius 3 is 2.45 bits per heavy atom. The van der Waals surface area contributed by atoms with E-state index in [0.717, 1.165) is 63.9 Å². The number of hydrogen-bond acceptors (Lipinski definition) is 5. The predicted molar refractivity (Wildman–Crippen MR) is 158 cm³/mol. The van der Waals surface area contributed by atoms with E-state index in [4.69, 9.17) is 19.3 Å². The van der Waals surface area contributed by atoms with E-state index >= 15 is 0 Å². The fraction of sp³-hybridized carbons (Fsp3) is 0.235. The molecule has 6 rings (SSSR count). The summed E-state index contributed by atoms with van der Waals surface area (Å²) in [6.45, 7) is -0.112. The molecule has 1 heterocycles. The van der Waals surface area contributed by atoms with Crippen LogP contribution in [0, 0.1) is 5.92 Å². The highest BCUT2D eigenvalue weighted by Crippen LogP contribution is 2.46. The first-order chi connectivity index (χ1) is 19.7. The van der Waals surface area contributed by atoms with Gasteiger partial charge in [0.2, 0.25) is 0 Å². The molecule has 1 saturated carbocycles. The van der Waals surface area contributed by atoms with Crippen molar-refractivity contribution in [3.8, 4) is 17.2 Å². The van der Waals surface area contributed by atoms with Gasteiger partial charge in [0, 0.05) is 17.0 Å². The number of hydrogen-bond donors (Lipinski definition) is 0. The molecule has 4 aromatic carbocycles. The molecule has 1 aliphatic heterocycles. The summed E-state index contributed by atoms with van der Waals surface area (Å²) in [5, 5.41) is 8.81. The van der Waals surface area contributed by atoms with E-state index in [9.17, 15) is 4.79 Å². The Kier molecular flexibility index (Phi) is 7.23. The summed E-state index contributed by atoms with van der Waals surface area (Å²) in [6.07, 6.45) is 4.98. The van der Waals surface area contributed by atoms with Gasteiger partial charge in [0.25, 0.3) is 5.91 Å². The van der Waals surface area contributed by atoms with E-state index in [0.29, 0.717) is 5.75 Å². The van der Waals surface area contributed by atoms with E-state index < -0.39 is 0 Å². The molecule has 0 unspecified atom stereocenters. The molecule has 6 heteroatoms. The molecular formula is C34H32N2O4. The maximum absolute atomic E-state index is 13.8. The highest BCUT2D eigenvalue weighted by Gasteiger charge is 2.44. The first-order valence-electron chi connectivity index (χ1n) is 13.7. The van der Waals surface area contributed by atoms with Gasteiger partial charge in [-0.05, 0) is 65.9 Å². The van der Waals surface area contributed by atoms with Crippen molar-refractivity contribution in [2.75, 3.05) is 20.8 Å². The van der Waals surface area contributed by atoms with Gasteiger partial charge < -0.3 is 14.2 Å². The number of allylic oxidation sites excluding steroid dienone is 1. The average Bonchev–Trinajstić information content (AvgIpc) is 3.40. The van der Waals surface area contributed by atoms with Crippen molar-refractivity contribution < 1.29 is 19.0 Å². The van der Waals surface area contributed by atoms with Gasteiger partial charge in [0.05, 0.1) is 26.0 Å². The van der Waals surface area contributed by atoms with Gasteiger partial charge in [-0.2, -0.15) is 5.10 Å². The summed E-state index contributed by atoms with van der Waals surface area (Å²) in [6, 6.07) is 29.6. The number of amides is 1. The normalized spacial score (nSPS) is 19.3. The summed E-state index contributed by atoms with van der Waals surface area (Å²) in [4.78, 5) is 13.8. The Morgan fingerprint density at radius 1 is 0.900 bits per heavy atom. The summed E-state index contributed by atoms with van der Waals surface area (Å²) < 4.78 is 17.3. The first kappa shape index (κ1) is 25.7. The van der Waals surface area contributed by atoms with Gasteiger partial charge in [-0.3, -0.25) is 4.79 Å². The van der Waals surface area contributed by atoms with Crippen molar-refractivity contribution in [2.45, 2.75) is 25.3 Å². The third-order valence-electron chi connectivity index (χ3n) is 7.77. The molecule has 1 fully saturated rings. The van der Waals surface area contributed by atoms with Crippen LogP contribution >= 0.6 is 0 Å². The second-order valence-corrected chi connectivity index (χ2v) is 10.1. The Hall–Kier alpha value is -4.58. The number of fused-ring (bicyclic) bond motifs is 2. The van der Waals surface area contributed by atoms with Crippen LogP contribution in [-0.4, -0.2) is 37.5 Å². The van der Waals surface area contributed by atoms with Crippen LogP contribution in [0.5, 0.6) is 17.2 Å². The lowest BCUT2D eigenvalue weighted by atomic mass is 9.77. The standard InChI is InChI=1S/C34H32N2O4/c1-38-30-16-7-5-12-25(30)20-26-13-9-15-29-33(26)35-36(34(29)28-14-6-8-17-31(28)39-2)32(37)22-40-27-19-18-23-10-3-4-11-24(23)21-27/h3-8,10-12,14,16-21,29,34H,9,13,15,22H2,1-2H3/b26-20+/t29-,34+/m1/s1. The summed E-state index contributed by atoms with van der Waals surface area (Å²) in [7, 11) is 3.35. The van der Waals surface area contributed by atoms with Crippen LogP contribution in [0.25, 0.3) is 16.8 Å². The van der Waals surface area contributed by atoms with E-state index in [2.05, 4.69) is 12.1 Å². The number of methoxy groups -OCH3 is 2. The number of hydrazone groups is 1. The molecule has 0 N–H and O–H groups in total. The fourth-order valence-electron chi connectivity index (χ4n) is 5.87. The van der Waals surface area contributed by atoms with Gasteiger partial charge in [-0.1, -0.05) is 66.7 Å². The molecule has 6 nitrogen and oxygen atoms in total. The number of ether oxygens (including phenoxy) is 3. The molecule has 0 radical (unpaired) electrons. The lowest BCUT2D eigenvalue weighted by Crippen LogP contribution is -2.34. The van der Waals surface area contributed by atoms with Crippen LogP contribution in [-0.2, 0) is 4.79 Å². The summed E-state index contributed by atoms with van der Waals surface area (Å²) in [5.41, 5.74) is 4.03. The van der Waals surface area contributed by atoms with Crippen LogP contribution in [0.1, 0.15) is 36.4 Å². The molecule has 0 bridgehead atoms. The topological polar surface area (TPSA) is 60.4 Å². The third-order valence-corrected chi connectivity index (χ3v) is 7.77. The lowest BCUT2D eigenvalue weighted by molar-refractivity contribution is -0.135.